The molecule has 1 aromatic heterocycles. The second-order valence-corrected chi connectivity index (χ2v) is 3.42. The Morgan fingerprint density at radius 3 is 1.81 bits per heavy atom. The molecule has 2 rings (SSSR count). The number of rotatable bonds is 1. The van der Waals surface area contributed by atoms with Gasteiger partial charge in [0.1, 0.15) is 23.3 Å². The third kappa shape index (κ3) is 1.62. The summed E-state index contributed by atoms with van der Waals surface area (Å²) in [5, 5.41) is 36.4. The van der Waals surface area contributed by atoms with Crippen molar-refractivity contribution in [3.05, 3.63) is 16.7 Å². The lowest BCUT2D eigenvalue weighted by atomic mass is 10.0. The summed E-state index contributed by atoms with van der Waals surface area (Å²) in [7, 11) is 0. The van der Waals surface area contributed by atoms with E-state index in [1.54, 1.807) is 0 Å². The Hall–Kier alpha value is -2.31. The van der Waals surface area contributed by atoms with Gasteiger partial charge in [0.05, 0.1) is 0 Å². The van der Waals surface area contributed by atoms with Crippen molar-refractivity contribution in [2.75, 3.05) is 0 Å². The Kier molecular flexibility index (Phi) is 2.98. The predicted molar refractivity (Wildman–Crippen MR) is 54.0 cm³/mol. The van der Waals surface area contributed by atoms with Crippen LogP contribution in [0.25, 0.3) is 0 Å². The summed E-state index contributed by atoms with van der Waals surface area (Å²) in [5.41, 5.74) is 0.448. The van der Waals surface area contributed by atoms with Crippen LogP contribution in [0, 0.1) is 22.7 Å². The number of hydrogen-bond donors (Lipinski definition) is 3. The first kappa shape index (κ1) is 11.8. The van der Waals surface area contributed by atoms with Gasteiger partial charge >= 0.3 is 0 Å². The first-order chi connectivity index (χ1) is 7.19. The minimum absolute atomic E-state index is 0. The van der Waals surface area contributed by atoms with Gasteiger partial charge in [-0.25, -0.2) is 0 Å². The van der Waals surface area contributed by atoms with Crippen LogP contribution in [0.1, 0.15) is 35.4 Å². The van der Waals surface area contributed by atoms with Gasteiger partial charge in [-0.2, -0.15) is 15.5 Å². The molecular formula is C10H10N4O2. The number of nitriles is 2. The van der Waals surface area contributed by atoms with Gasteiger partial charge in [-0.15, -0.1) is 0 Å². The fourth-order valence-corrected chi connectivity index (χ4v) is 1.58. The third-order valence-electron chi connectivity index (χ3n) is 2.41. The Balaban J connectivity index is 0.00000128. The van der Waals surface area contributed by atoms with Crippen LogP contribution in [-0.2, 0) is 0 Å². The van der Waals surface area contributed by atoms with Crippen molar-refractivity contribution in [1.29, 1.82) is 10.5 Å². The van der Waals surface area contributed by atoms with Crippen LogP contribution >= 0.6 is 0 Å². The summed E-state index contributed by atoms with van der Waals surface area (Å²) in [6.45, 7) is 0. The molecule has 0 aliphatic heterocycles. The van der Waals surface area contributed by atoms with Crippen LogP contribution in [0.5, 0.6) is 11.8 Å². The van der Waals surface area contributed by atoms with Crippen molar-refractivity contribution < 1.29 is 10.2 Å². The molecule has 0 aromatic carbocycles. The molecule has 1 aromatic rings. The highest BCUT2D eigenvalue weighted by Gasteiger charge is 2.32. The molecule has 5 N–H and O–H groups in total. The summed E-state index contributed by atoms with van der Waals surface area (Å²) >= 11 is 0. The molecular weight excluding hydrogens is 208 g/mol. The van der Waals surface area contributed by atoms with Gasteiger partial charge in [-0.05, 0) is 18.8 Å². The van der Waals surface area contributed by atoms with Crippen molar-refractivity contribution in [2.45, 2.75) is 18.8 Å². The quantitative estimate of drug-likeness (QED) is 0.649. The molecule has 16 heavy (non-hydrogen) atoms. The Labute approximate surface area is 92.0 Å². The fourth-order valence-electron chi connectivity index (χ4n) is 1.58. The normalized spacial score (nSPS) is 13.4. The average Bonchev–Trinajstić information content (AvgIpc) is 3.00. The first-order valence-electron chi connectivity index (χ1n) is 4.45. The molecule has 6 nitrogen and oxygen atoms in total. The van der Waals surface area contributed by atoms with Crippen LogP contribution in [0.15, 0.2) is 0 Å². The van der Waals surface area contributed by atoms with Gasteiger partial charge < -0.3 is 16.4 Å². The van der Waals surface area contributed by atoms with E-state index in [-0.39, 0.29) is 23.2 Å². The summed E-state index contributed by atoms with van der Waals surface area (Å²) in [6.07, 6.45) is 1.73. The van der Waals surface area contributed by atoms with E-state index in [1.807, 2.05) is 12.1 Å². The number of hydrogen-bond acceptors (Lipinski definition) is 6. The van der Waals surface area contributed by atoms with Crippen molar-refractivity contribution in [1.82, 2.24) is 11.1 Å². The molecule has 0 atom stereocenters. The van der Waals surface area contributed by atoms with E-state index in [0.29, 0.717) is 5.56 Å². The second-order valence-electron chi connectivity index (χ2n) is 3.42. The van der Waals surface area contributed by atoms with Gasteiger partial charge in [-0.3, -0.25) is 0 Å². The maximum Gasteiger partial charge on any atom is 0.232 e. The molecule has 1 aliphatic carbocycles. The average molecular weight is 218 g/mol. The van der Waals surface area contributed by atoms with E-state index in [4.69, 9.17) is 10.5 Å². The minimum Gasteiger partial charge on any atom is -0.492 e. The van der Waals surface area contributed by atoms with Crippen LogP contribution in [0.2, 0.25) is 0 Å². The van der Waals surface area contributed by atoms with Crippen LogP contribution in [0.4, 0.5) is 0 Å². The molecule has 6 heteroatoms. The molecule has 0 radical (unpaired) electrons. The van der Waals surface area contributed by atoms with Gasteiger partial charge in [0, 0.05) is 5.56 Å². The highest BCUT2D eigenvalue weighted by molar-refractivity contribution is 5.58. The fraction of sp³-hybridized carbons (Fsp3) is 0.300. The third-order valence-corrected chi connectivity index (χ3v) is 2.41. The lowest BCUT2D eigenvalue weighted by molar-refractivity contribution is 0.409. The zero-order chi connectivity index (χ0) is 11.0. The van der Waals surface area contributed by atoms with Crippen molar-refractivity contribution >= 4 is 0 Å². The maximum atomic E-state index is 9.37. The molecule has 0 bridgehead atoms. The zero-order valence-corrected chi connectivity index (χ0v) is 8.43. The zero-order valence-electron chi connectivity index (χ0n) is 8.43. The molecule has 0 unspecified atom stereocenters. The maximum absolute atomic E-state index is 9.37. The summed E-state index contributed by atoms with van der Waals surface area (Å²) in [5.74, 6) is -0.916. The number of aromatic hydroxyl groups is 2. The Bertz CT molecular complexity index is 471. The van der Waals surface area contributed by atoms with Crippen molar-refractivity contribution in [2.24, 2.45) is 0 Å². The van der Waals surface area contributed by atoms with Crippen LogP contribution in [0.3, 0.4) is 0 Å². The van der Waals surface area contributed by atoms with E-state index in [1.165, 1.54) is 0 Å². The standard InChI is InChI=1S/C10H7N3O2.H3N/c11-3-6-8(5-1-2-5)7(4-12)10(15)13-9(6)14;/h5H,1-2H2,(H2,13,14,15);1H3. The predicted octanol–water partition coefficient (Wildman–Crippen LogP) is 1.28. The highest BCUT2D eigenvalue weighted by atomic mass is 16.3. The smallest absolute Gasteiger partial charge is 0.232 e. The topological polar surface area (TPSA) is 136 Å². The first-order valence-corrected chi connectivity index (χ1v) is 4.45. The molecule has 1 fully saturated rings. The van der Waals surface area contributed by atoms with E-state index in [9.17, 15) is 10.2 Å². The summed E-state index contributed by atoms with van der Waals surface area (Å²) in [4.78, 5) is 3.35. The van der Waals surface area contributed by atoms with E-state index < -0.39 is 11.8 Å². The number of pyridine rings is 1. The molecule has 0 spiro atoms. The van der Waals surface area contributed by atoms with Crippen LogP contribution in [-0.4, -0.2) is 15.2 Å². The van der Waals surface area contributed by atoms with Gasteiger partial charge in [-0.1, -0.05) is 0 Å². The van der Waals surface area contributed by atoms with Gasteiger partial charge in [0.25, 0.3) is 0 Å². The Morgan fingerprint density at radius 2 is 1.50 bits per heavy atom. The second kappa shape index (κ2) is 4.05. The summed E-state index contributed by atoms with van der Waals surface area (Å²) in [6, 6.07) is 3.62. The Morgan fingerprint density at radius 1 is 1.06 bits per heavy atom. The van der Waals surface area contributed by atoms with Crippen LogP contribution < -0.4 is 6.15 Å². The number of nitrogens with zero attached hydrogens (tertiary/aromatic N) is 3. The van der Waals surface area contributed by atoms with E-state index in [0.717, 1.165) is 12.8 Å². The van der Waals surface area contributed by atoms with Crippen molar-refractivity contribution in [3.63, 3.8) is 0 Å². The molecule has 82 valence electrons. The SMILES string of the molecule is N.N#Cc1c(O)nc(O)c(C#N)c1C1CC1. The number of aromatic nitrogens is 1. The van der Waals surface area contributed by atoms with Gasteiger partial charge in [0.15, 0.2) is 0 Å². The molecule has 0 saturated heterocycles. The lowest BCUT2D eigenvalue weighted by Crippen LogP contribution is -1.97. The molecule has 1 aliphatic rings. The van der Waals surface area contributed by atoms with E-state index in [2.05, 4.69) is 4.98 Å². The van der Waals surface area contributed by atoms with Crippen molar-refractivity contribution in [3.8, 4) is 23.9 Å². The largest absolute Gasteiger partial charge is 0.492 e. The lowest BCUT2D eigenvalue weighted by Gasteiger charge is -2.06. The monoisotopic (exact) mass is 218 g/mol. The molecule has 1 heterocycles. The van der Waals surface area contributed by atoms with Gasteiger partial charge in [0.2, 0.25) is 11.8 Å². The summed E-state index contributed by atoms with van der Waals surface area (Å²) < 4.78 is 0. The minimum atomic E-state index is -0.504. The molecule has 0 amide bonds. The van der Waals surface area contributed by atoms with E-state index >= 15 is 0 Å². The highest BCUT2D eigenvalue weighted by Crippen LogP contribution is 2.46. The molecule has 1 saturated carbocycles.